The van der Waals surface area contributed by atoms with Crippen LogP contribution < -0.4 is 14.4 Å². The van der Waals surface area contributed by atoms with Gasteiger partial charge in [-0.15, -0.1) is 0 Å². The van der Waals surface area contributed by atoms with Crippen LogP contribution in [0, 0.1) is 0 Å². The molecule has 3 aromatic rings. The zero-order chi connectivity index (χ0) is 24.9. The maximum absolute atomic E-state index is 13.3. The number of ketones is 1. The monoisotopic (exact) mass is 471 g/mol. The number of nitrogens with zero attached hydrogens (tertiary/aromatic N) is 1. The topological polar surface area (TPSA) is 76.1 Å². The molecule has 6 heteroatoms. The predicted molar refractivity (Wildman–Crippen MR) is 136 cm³/mol. The van der Waals surface area contributed by atoms with Crippen LogP contribution in [0.5, 0.6) is 11.5 Å². The van der Waals surface area contributed by atoms with Crippen molar-refractivity contribution in [2.75, 3.05) is 11.5 Å². The van der Waals surface area contributed by atoms with Gasteiger partial charge in [-0.25, -0.2) is 0 Å². The lowest BCUT2D eigenvalue weighted by atomic mass is 9.95. The van der Waals surface area contributed by atoms with E-state index in [1.54, 1.807) is 54.6 Å². The number of carbonyl (C=O) groups is 2. The lowest BCUT2D eigenvalue weighted by molar-refractivity contribution is -0.132. The summed E-state index contributed by atoms with van der Waals surface area (Å²) in [6.07, 6.45) is 0.837. The summed E-state index contributed by atoms with van der Waals surface area (Å²) in [5.41, 5.74) is 1.69. The van der Waals surface area contributed by atoms with E-state index in [2.05, 4.69) is 0 Å². The zero-order valence-electron chi connectivity index (χ0n) is 20.1. The molecule has 1 fully saturated rings. The van der Waals surface area contributed by atoms with Gasteiger partial charge in [-0.05, 0) is 74.4 Å². The van der Waals surface area contributed by atoms with Crippen LogP contribution in [-0.2, 0) is 9.59 Å². The molecule has 1 heterocycles. The van der Waals surface area contributed by atoms with E-state index in [-0.39, 0.29) is 17.4 Å². The Morgan fingerprint density at radius 3 is 2.31 bits per heavy atom. The molecule has 1 N–H and O–H groups in total. The number of aliphatic hydroxyl groups excluding tert-OH is 1. The highest BCUT2D eigenvalue weighted by atomic mass is 16.5. The predicted octanol–water partition coefficient (Wildman–Crippen LogP) is 5.89. The van der Waals surface area contributed by atoms with E-state index in [0.29, 0.717) is 34.9 Å². The first-order valence-corrected chi connectivity index (χ1v) is 11.8. The summed E-state index contributed by atoms with van der Waals surface area (Å²) in [5, 5.41) is 11.3. The summed E-state index contributed by atoms with van der Waals surface area (Å²) < 4.78 is 11.5. The largest absolute Gasteiger partial charge is 0.507 e. The van der Waals surface area contributed by atoms with E-state index in [1.807, 2.05) is 45.0 Å². The number of hydrogen-bond donors (Lipinski definition) is 1. The number of amides is 1. The summed E-state index contributed by atoms with van der Waals surface area (Å²) in [6, 6.07) is 22.3. The quantitative estimate of drug-likeness (QED) is 0.252. The van der Waals surface area contributed by atoms with Gasteiger partial charge in [0.15, 0.2) is 0 Å². The summed E-state index contributed by atoms with van der Waals surface area (Å²) in [6.45, 7) is 6.46. The first-order chi connectivity index (χ1) is 16.9. The highest BCUT2D eigenvalue weighted by Crippen LogP contribution is 2.42. The molecule has 180 valence electrons. The van der Waals surface area contributed by atoms with Crippen molar-refractivity contribution in [3.05, 3.63) is 95.6 Å². The number of Topliss-reactive ketones (excluding diaryl/α,β-unsaturated/α-hetero) is 1. The van der Waals surface area contributed by atoms with Crippen LogP contribution in [0.2, 0.25) is 0 Å². The third kappa shape index (κ3) is 5.06. The summed E-state index contributed by atoms with van der Waals surface area (Å²) in [5.74, 6) is -0.375. The van der Waals surface area contributed by atoms with Gasteiger partial charge in [0.25, 0.3) is 11.7 Å². The number of ether oxygens (including phenoxy) is 2. The Morgan fingerprint density at radius 1 is 0.943 bits per heavy atom. The highest BCUT2D eigenvalue weighted by Gasteiger charge is 2.47. The molecule has 1 saturated heterocycles. The minimum atomic E-state index is -0.816. The Balaban J connectivity index is 1.84. The average Bonchev–Trinajstić information content (AvgIpc) is 3.13. The average molecular weight is 472 g/mol. The molecule has 0 radical (unpaired) electrons. The van der Waals surface area contributed by atoms with Crippen molar-refractivity contribution in [2.45, 2.75) is 39.3 Å². The van der Waals surface area contributed by atoms with E-state index < -0.39 is 17.7 Å². The number of aliphatic hydroxyl groups is 1. The first-order valence-electron chi connectivity index (χ1n) is 11.8. The van der Waals surface area contributed by atoms with Gasteiger partial charge in [-0.3, -0.25) is 14.5 Å². The smallest absolute Gasteiger partial charge is 0.300 e. The van der Waals surface area contributed by atoms with Crippen molar-refractivity contribution in [3.8, 4) is 11.5 Å². The minimum absolute atomic E-state index is 0.0303. The van der Waals surface area contributed by atoms with Crippen LogP contribution in [-0.4, -0.2) is 29.5 Å². The molecule has 1 aliphatic heterocycles. The molecular formula is C29H29NO5. The van der Waals surface area contributed by atoms with Crippen LogP contribution in [0.1, 0.15) is 44.4 Å². The normalized spacial score (nSPS) is 17.1. The molecule has 4 rings (SSSR count). The van der Waals surface area contributed by atoms with Crippen LogP contribution >= 0.6 is 0 Å². The number of hydrogen-bond acceptors (Lipinski definition) is 5. The molecule has 0 aromatic heterocycles. The van der Waals surface area contributed by atoms with Crippen LogP contribution in [0.3, 0.4) is 0 Å². The Bertz CT molecular complexity index is 1230. The molecule has 0 bridgehead atoms. The van der Waals surface area contributed by atoms with Gasteiger partial charge < -0.3 is 14.6 Å². The summed E-state index contributed by atoms with van der Waals surface area (Å²) >= 11 is 0. The lowest BCUT2D eigenvalue weighted by Crippen LogP contribution is -2.29. The maximum Gasteiger partial charge on any atom is 0.300 e. The molecule has 6 nitrogen and oxygen atoms in total. The Hall–Kier alpha value is -4.06. The fourth-order valence-electron chi connectivity index (χ4n) is 4.12. The molecule has 0 spiro atoms. The maximum atomic E-state index is 13.3. The zero-order valence-corrected chi connectivity index (χ0v) is 20.1. The van der Waals surface area contributed by atoms with E-state index in [1.165, 1.54) is 4.90 Å². The van der Waals surface area contributed by atoms with Gasteiger partial charge in [0.05, 0.1) is 24.3 Å². The molecule has 1 unspecified atom stereocenters. The lowest BCUT2D eigenvalue weighted by Gasteiger charge is -2.26. The number of anilines is 1. The molecule has 1 aliphatic rings. The van der Waals surface area contributed by atoms with E-state index in [4.69, 9.17) is 9.47 Å². The fourth-order valence-corrected chi connectivity index (χ4v) is 4.12. The molecule has 35 heavy (non-hydrogen) atoms. The van der Waals surface area contributed by atoms with Crippen molar-refractivity contribution in [2.24, 2.45) is 0 Å². The summed E-state index contributed by atoms with van der Waals surface area (Å²) in [7, 11) is 0. The van der Waals surface area contributed by atoms with Crippen LogP contribution in [0.4, 0.5) is 5.69 Å². The van der Waals surface area contributed by atoms with Crippen molar-refractivity contribution in [1.29, 1.82) is 0 Å². The van der Waals surface area contributed by atoms with Gasteiger partial charge in [0.1, 0.15) is 17.3 Å². The minimum Gasteiger partial charge on any atom is -0.507 e. The van der Waals surface area contributed by atoms with Crippen molar-refractivity contribution in [3.63, 3.8) is 0 Å². The number of carbonyl (C=O) groups excluding carboxylic acids is 2. The number of rotatable bonds is 8. The molecule has 1 atom stereocenters. The Morgan fingerprint density at radius 2 is 1.66 bits per heavy atom. The van der Waals surface area contributed by atoms with Crippen molar-refractivity contribution in [1.82, 2.24) is 0 Å². The first kappa shape index (κ1) is 24.1. The second kappa shape index (κ2) is 10.5. The molecule has 3 aromatic carbocycles. The van der Waals surface area contributed by atoms with Crippen molar-refractivity contribution >= 4 is 23.1 Å². The van der Waals surface area contributed by atoms with Gasteiger partial charge in [0, 0.05) is 11.3 Å². The Kier molecular flexibility index (Phi) is 7.20. The standard InChI is InChI=1S/C29H29NO5/c1-4-17-34-23-15-13-20(14-16-23)27(31)25-26(21-9-8-12-24(18-21)35-19(2)3)30(29(33)28(25)32)22-10-6-5-7-11-22/h5-16,18-19,26,31H,4,17H2,1-3H3/b27-25-. The van der Waals surface area contributed by atoms with E-state index >= 15 is 0 Å². The molecular weight excluding hydrogens is 442 g/mol. The van der Waals surface area contributed by atoms with Crippen LogP contribution in [0.15, 0.2) is 84.4 Å². The number of benzene rings is 3. The third-order valence-electron chi connectivity index (χ3n) is 5.63. The number of para-hydroxylation sites is 1. The van der Waals surface area contributed by atoms with Crippen molar-refractivity contribution < 1.29 is 24.2 Å². The van der Waals surface area contributed by atoms with Gasteiger partial charge >= 0.3 is 0 Å². The van der Waals surface area contributed by atoms with E-state index in [0.717, 1.165) is 6.42 Å². The second-order valence-corrected chi connectivity index (χ2v) is 8.62. The molecule has 0 aliphatic carbocycles. The highest BCUT2D eigenvalue weighted by molar-refractivity contribution is 6.51. The Labute approximate surface area is 205 Å². The summed E-state index contributed by atoms with van der Waals surface area (Å²) in [4.78, 5) is 28.0. The SMILES string of the molecule is CCCOc1ccc(/C(O)=C2/C(=O)C(=O)N(c3ccccc3)C2c2cccc(OC(C)C)c2)cc1. The second-order valence-electron chi connectivity index (χ2n) is 8.62. The van der Waals surface area contributed by atoms with Crippen LogP contribution in [0.25, 0.3) is 5.76 Å². The fraction of sp³-hybridized carbons (Fsp3) is 0.241. The molecule has 1 amide bonds. The molecule has 0 saturated carbocycles. The van der Waals surface area contributed by atoms with Gasteiger partial charge in [-0.2, -0.15) is 0 Å². The third-order valence-corrected chi connectivity index (χ3v) is 5.63. The van der Waals surface area contributed by atoms with Gasteiger partial charge in [-0.1, -0.05) is 37.3 Å². The van der Waals surface area contributed by atoms with Gasteiger partial charge in [0.2, 0.25) is 0 Å². The van der Waals surface area contributed by atoms with E-state index in [9.17, 15) is 14.7 Å².